The van der Waals surface area contributed by atoms with Crippen LogP contribution in [0.3, 0.4) is 0 Å². The minimum Gasteiger partial charge on any atom is -0.497 e. The molecule has 0 saturated heterocycles. The quantitative estimate of drug-likeness (QED) is 0.414. The second-order valence-corrected chi connectivity index (χ2v) is 7.61. The first-order valence-electron chi connectivity index (χ1n) is 9.93. The molecular weight excluding hydrogens is 408 g/mol. The number of aromatic nitrogens is 2. The van der Waals surface area contributed by atoms with Crippen molar-refractivity contribution in [1.82, 2.24) is 9.66 Å². The maximum atomic E-state index is 5.62. The summed E-state index contributed by atoms with van der Waals surface area (Å²) in [4.78, 5) is 8.80. The Balaban J connectivity index is 1.72. The number of ether oxygens (including phenoxy) is 2. The van der Waals surface area contributed by atoms with Crippen molar-refractivity contribution in [3.8, 4) is 22.8 Å². The molecule has 0 aliphatic rings. The van der Waals surface area contributed by atoms with Gasteiger partial charge in [0.1, 0.15) is 11.5 Å². The van der Waals surface area contributed by atoms with Gasteiger partial charge in [0, 0.05) is 29.8 Å². The van der Waals surface area contributed by atoms with Gasteiger partial charge in [-0.1, -0.05) is 30.3 Å². The monoisotopic (exact) mass is 432 g/mol. The predicted molar refractivity (Wildman–Crippen MR) is 125 cm³/mol. The third-order valence-electron chi connectivity index (χ3n) is 4.79. The van der Waals surface area contributed by atoms with E-state index in [0.717, 1.165) is 39.7 Å². The largest absolute Gasteiger partial charge is 0.497 e. The molecule has 158 valence electrons. The molecule has 2 aromatic heterocycles. The summed E-state index contributed by atoms with van der Waals surface area (Å²) in [5.74, 6) is 1.46. The van der Waals surface area contributed by atoms with E-state index in [1.54, 1.807) is 31.8 Å². The van der Waals surface area contributed by atoms with Crippen LogP contribution in [0, 0.1) is 0 Å². The zero-order valence-corrected chi connectivity index (χ0v) is 18.3. The van der Waals surface area contributed by atoms with Crippen molar-refractivity contribution in [2.75, 3.05) is 20.8 Å². The third-order valence-corrected chi connectivity index (χ3v) is 5.65. The number of H-pyrrole nitrogens is 1. The number of rotatable bonds is 8. The molecule has 31 heavy (non-hydrogen) atoms. The molecule has 4 aromatic rings. The molecule has 0 bridgehead atoms. The summed E-state index contributed by atoms with van der Waals surface area (Å²) in [5, 5.41) is 6.77. The average molecular weight is 433 g/mol. The van der Waals surface area contributed by atoms with Gasteiger partial charge in [0.15, 0.2) is 0 Å². The minimum atomic E-state index is 0.682. The van der Waals surface area contributed by atoms with Crippen molar-refractivity contribution < 1.29 is 9.47 Å². The van der Waals surface area contributed by atoms with E-state index in [9.17, 15) is 0 Å². The smallest absolute Gasteiger partial charge is 0.206 e. The van der Waals surface area contributed by atoms with Crippen LogP contribution in [0.25, 0.3) is 11.3 Å². The summed E-state index contributed by atoms with van der Waals surface area (Å²) in [6.07, 6.45) is 4.54. The highest BCUT2D eigenvalue weighted by molar-refractivity contribution is 7.07. The lowest BCUT2D eigenvalue weighted by Gasteiger charge is -2.10. The molecule has 0 aliphatic heterocycles. The number of hydrogen-bond donors (Lipinski definition) is 1. The zero-order valence-electron chi connectivity index (χ0n) is 17.5. The van der Waals surface area contributed by atoms with Crippen molar-refractivity contribution in [3.63, 3.8) is 0 Å². The minimum absolute atomic E-state index is 0.682. The van der Waals surface area contributed by atoms with E-state index in [2.05, 4.69) is 34.6 Å². The van der Waals surface area contributed by atoms with E-state index in [1.165, 1.54) is 5.56 Å². The van der Waals surface area contributed by atoms with Gasteiger partial charge >= 0.3 is 0 Å². The lowest BCUT2D eigenvalue weighted by Crippen LogP contribution is -2.13. The van der Waals surface area contributed by atoms with Crippen LogP contribution in [0.4, 0.5) is 0 Å². The summed E-state index contributed by atoms with van der Waals surface area (Å²) < 4.78 is 12.8. The maximum absolute atomic E-state index is 5.62. The third kappa shape index (κ3) is 4.95. The van der Waals surface area contributed by atoms with Gasteiger partial charge < -0.3 is 14.5 Å². The molecule has 0 aliphatic carbocycles. The van der Waals surface area contributed by atoms with Crippen LogP contribution in [0.1, 0.15) is 11.3 Å². The summed E-state index contributed by atoms with van der Waals surface area (Å²) >= 11 is 1.56. The second-order valence-electron chi connectivity index (χ2n) is 6.77. The van der Waals surface area contributed by atoms with Gasteiger partial charge in [-0.3, -0.25) is 4.99 Å². The Morgan fingerprint density at radius 3 is 2.65 bits per heavy atom. The van der Waals surface area contributed by atoms with Crippen LogP contribution in [0.15, 0.2) is 82.3 Å². The number of nitrogens with one attached hydrogen (secondary N) is 1. The fraction of sp³-hybridized carbons (Fsp3) is 0.167. The van der Waals surface area contributed by atoms with E-state index in [0.29, 0.717) is 6.54 Å². The maximum Gasteiger partial charge on any atom is 0.206 e. The molecule has 0 spiro atoms. The van der Waals surface area contributed by atoms with Gasteiger partial charge in [-0.05, 0) is 36.2 Å². The Morgan fingerprint density at radius 2 is 1.90 bits per heavy atom. The molecule has 1 N–H and O–H groups in total. The summed E-state index contributed by atoms with van der Waals surface area (Å²) in [6, 6.07) is 20.0. The molecule has 4 rings (SSSR count). The van der Waals surface area contributed by atoms with E-state index in [4.69, 9.17) is 19.6 Å². The summed E-state index contributed by atoms with van der Waals surface area (Å²) in [5.41, 5.74) is 4.02. The van der Waals surface area contributed by atoms with Gasteiger partial charge in [-0.2, -0.15) is 5.10 Å². The van der Waals surface area contributed by atoms with Crippen molar-refractivity contribution in [3.05, 3.63) is 88.3 Å². The number of thiazole rings is 1. The van der Waals surface area contributed by atoms with E-state index in [-0.39, 0.29) is 0 Å². The molecule has 7 heteroatoms. The van der Waals surface area contributed by atoms with E-state index >= 15 is 0 Å². The first kappa shape index (κ1) is 20.7. The molecule has 2 heterocycles. The fourth-order valence-corrected chi connectivity index (χ4v) is 4.04. The number of hydrogen-bond acceptors (Lipinski definition) is 5. The first-order valence-corrected chi connectivity index (χ1v) is 10.8. The van der Waals surface area contributed by atoms with Gasteiger partial charge in [0.25, 0.3) is 0 Å². The highest BCUT2D eigenvalue weighted by Crippen LogP contribution is 2.33. The fourth-order valence-electron chi connectivity index (χ4n) is 3.18. The summed E-state index contributed by atoms with van der Waals surface area (Å²) in [7, 11) is 3.30. The Kier molecular flexibility index (Phi) is 6.64. The number of aromatic amines is 1. The van der Waals surface area contributed by atoms with Gasteiger partial charge in [-0.25, -0.2) is 4.68 Å². The van der Waals surface area contributed by atoms with Gasteiger partial charge in [-0.15, -0.1) is 11.3 Å². The molecule has 0 unspecified atom stereocenters. The molecular formula is C24H24N4O2S. The highest BCUT2D eigenvalue weighted by atomic mass is 32.1. The topological polar surface area (TPSA) is 63.9 Å². The lowest BCUT2D eigenvalue weighted by atomic mass is 10.1. The van der Waals surface area contributed by atoms with Crippen molar-refractivity contribution in [2.24, 2.45) is 10.1 Å². The van der Waals surface area contributed by atoms with E-state index < -0.39 is 0 Å². The highest BCUT2D eigenvalue weighted by Gasteiger charge is 2.13. The number of benzene rings is 2. The van der Waals surface area contributed by atoms with Gasteiger partial charge in [0.05, 0.1) is 31.8 Å². The van der Waals surface area contributed by atoms with Crippen LogP contribution in [-0.4, -0.2) is 36.6 Å². The van der Waals surface area contributed by atoms with Crippen molar-refractivity contribution >= 4 is 17.6 Å². The molecule has 2 aromatic carbocycles. The zero-order chi connectivity index (χ0) is 21.5. The molecule has 0 radical (unpaired) electrons. The second kappa shape index (κ2) is 9.95. The average Bonchev–Trinajstić information content (AvgIpc) is 3.48. The molecule has 0 fully saturated rings. The Labute approximate surface area is 185 Å². The Hall–Kier alpha value is -3.58. The molecule has 0 atom stereocenters. The molecule has 6 nitrogen and oxygen atoms in total. The van der Waals surface area contributed by atoms with Crippen LogP contribution >= 0.6 is 11.3 Å². The normalized spacial score (nSPS) is 11.9. The molecule has 0 amide bonds. The first-order chi connectivity index (χ1) is 15.3. The summed E-state index contributed by atoms with van der Waals surface area (Å²) in [6.45, 7) is 0.682. The Bertz CT molecular complexity index is 1210. The SMILES string of the molecule is COc1ccc(-c2csc(=NCCc3ccccc3)n2N=Cc2ccc[nH]2)c(OC)c1. The van der Waals surface area contributed by atoms with Gasteiger partial charge in [0.2, 0.25) is 4.80 Å². The Morgan fingerprint density at radius 1 is 1.03 bits per heavy atom. The number of nitrogens with zero attached hydrogens (tertiary/aromatic N) is 3. The van der Waals surface area contributed by atoms with Crippen molar-refractivity contribution in [2.45, 2.75) is 6.42 Å². The number of methoxy groups -OCH3 is 2. The van der Waals surface area contributed by atoms with Crippen LogP contribution in [-0.2, 0) is 6.42 Å². The standard InChI is InChI=1S/C24H24N4O2S/c1-29-20-10-11-21(23(15-20)30-2)22-17-31-24(26-14-12-18-7-4-3-5-8-18)28(22)27-16-19-9-6-13-25-19/h3-11,13,15-17,25H,12,14H2,1-2H3. The lowest BCUT2D eigenvalue weighted by molar-refractivity contribution is 0.395. The molecule has 0 saturated carbocycles. The van der Waals surface area contributed by atoms with E-state index in [1.807, 2.05) is 47.3 Å². The van der Waals surface area contributed by atoms with Crippen LogP contribution < -0.4 is 14.3 Å². The predicted octanol–water partition coefficient (Wildman–Crippen LogP) is 4.59. The van der Waals surface area contributed by atoms with Crippen LogP contribution in [0.2, 0.25) is 0 Å². The van der Waals surface area contributed by atoms with Crippen LogP contribution in [0.5, 0.6) is 11.5 Å². The van der Waals surface area contributed by atoms with Crippen molar-refractivity contribution in [1.29, 1.82) is 0 Å².